The van der Waals surface area contributed by atoms with Crippen LogP contribution in [0.1, 0.15) is 5.56 Å². The summed E-state index contributed by atoms with van der Waals surface area (Å²) < 4.78 is 38.0. The zero-order valence-corrected chi connectivity index (χ0v) is 31.6. The van der Waals surface area contributed by atoms with Crippen molar-refractivity contribution in [3.8, 4) is 39.7 Å². The number of rotatable bonds is 8. The number of ether oxygens (including phenoxy) is 1. The summed E-state index contributed by atoms with van der Waals surface area (Å²) in [4.78, 5) is 7.09. The Bertz CT molecular complexity index is 2710. The van der Waals surface area contributed by atoms with Gasteiger partial charge in [0.2, 0.25) is 0 Å². The molecule has 0 amide bonds. The molecule has 9 rings (SSSR count). The van der Waals surface area contributed by atoms with E-state index in [1.54, 1.807) is 0 Å². The monoisotopic (exact) mass is 899 g/mol. The van der Waals surface area contributed by atoms with Crippen LogP contribution >= 0.6 is 0 Å². The van der Waals surface area contributed by atoms with Crippen LogP contribution in [0.4, 0.5) is 25.8 Å². The molecule has 55 heavy (non-hydrogen) atoms. The van der Waals surface area contributed by atoms with E-state index in [0.717, 1.165) is 62.3 Å². The molecular formula is C48H30AuF2N3O. The van der Waals surface area contributed by atoms with Gasteiger partial charge in [-0.15, -0.1) is 53.6 Å². The molecule has 0 aliphatic rings. The Morgan fingerprint density at radius 1 is 0.600 bits per heavy atom. The molecule has 0 N–H and O–H groups in total. The molecule has 0 unspecified atom stereocenters. The summed E-state index contributed by atoms with van der Waals surface area (Å²) >= 11 is 0. The van der Waals surface area contributed by atoms with Gasteiger partial charge in [-0.25, -0.2) is 0 Å². The standard InChI is InChI=1S/C48H30F2N3O.Au/c1-32-23-25-39(54-38-18-12-17-36(28-38)52(34-13-4-2-5-14-34)35-15-6-3-7-16-35)31-43(32)46-30-37(29-45(51-46)42-26-24-33(49)27-44(42)50)53-47-21-10-8-19-40(47)41-20-9-11-22-48(41)53;/h2-17,19-25,27-30H,1H3;/q-3;+3. The first-order valence-electron chi connectivity index (χ1n) is 17.5. The van der Waals surface area contributed by atoms with Crippen LogP contribution in [0.15, 0.2) is 164 Å². The van der Waals surface area contributed by atoms with Crippen molar-refractivity contribution in [1.29, 1.82) is 0 Å². The third kappa shape index (κ3) is 6.95. The predicted octanol–water partition coefficient (Wildman–Crippen LogP) is 12.8. The van der Waals surface area contributed by atoms with E-state index in [0.29, 0.717) is 28.5 Å². The summed E-state index contributed by atoms with van der Waals surface area (Å²) in [6.07, 6.45) is 0. The Labute approximate surface area is 333 Å². The summed E-state index contributed by atoms with van der Waals surface area (Å²) in [6, 6.07) is 61.4. The van der Waals surface area contributed by atoms with E-state index in [4.69, 9.17) is 9.72 Å². The first-order chi connectivity index (χ1) is 26.5. The van der Waals surface area contributed by atoms with Gasteiger partial charge < -0.3 is 19.2 Å². The second-order valence-electron chi connectivity index (χ2n) is 12.9. The SMILES string of the molecule is Cc1ccc(Oc2[c-]ccc(N(c3ccccc3)c3ccccc3)c2)[c-]c1-c1cc(-n2c3ccccc3c3ccccc32)cc(-c2[c-]cc(F)cc2F)n1.[Au+3]. The number of pyridine rings is 1. The minimum absolute atomic E-state index is 0. The van der Waals surface area contributed by atoms with Crippen LogP contribution in [0, 0.1) is 36.8 Å². The number of benzene rings is 7. The van der Waals surface area contributed by atoms with Gasteiger partial charge in [0.05, 0.1) is 11.0 Å². The van der Waals surface area contributed by atoms with E-state index in [9.17, 15) is 4.39 Å². The van der Waals surface area contributed by atoms with Crippen LogP contribution in [0.25, 0.3) is 50.0 Å². The first kappa shape index (κ1) is 35.7. The van der Waals surface area contributed by atoms with E-state index in [1.165, 1.54) is 0 Å². The topological polar surface area (TPSA) is 30.3 Å². The van der Waals surface area contributed by atoms with Crippen molar-refractivity contribution >= 4 is 38.9 Å². The minimum atomic E-state index is -0.749. The van der Waals surface area contributed by atoms with Crippen molar-refractivity contribution in [3.63, 3.8) is 0 Å². The van der Waals surface area contributed by atoms with Crippen molar-refractivity contribution in [2.75, 3.05) is 4.90 Å². The molecule has 2 heterocycles. The Kier molecular flexibility index (Phi) is 9.87. The summed E-state index contributed by atoms with van der Waals surface area (Å²) in [7, 11) is 0. The molecule has 2 aromatic heterocycles. The van der Waals surface area contributed by atoms with Gasteiger partial charge in [0.25, 0.3) is 0 Å². The predicted molar refractivity (Wildman–Crippen MR) is 212 cm³/mol. The molecule has 7 aromatic carbocycles. The number of fused-ring (bicyclic) bond motifs is 3. The van der Waals surface area contributed by atoms with Gasteiger partial charge in [-0.2, -0.15) is 6.07 Å². The molecule has 0 radical (unpaired) electrons. The maximum Gasteiger partial charge on any atom is 3.00 e. The molecular weight excluding hydrogens is 870 g/mol. The molecule has 0 saturated carbocycles. The molecule has 4 nitrogen and oxygen atoms in total. The molecule has 0 aliphatic carbocycles. The van der Waals surface area contributed by atoms with Crippen LogP contribution in [0.3, 0.4) is 0 Å². The van der Waals surface area contributed by atoms with Gasteiger partial charge in [0, 0.05) is 51.0 Å². The molecule has 0 atom stereocenters. The zero-order chi connectivity index (χ0) is 36.6. The second kappa shape index (κ2) is 15.2. The molecule has 0 saturated heterocycles. The van der Waals surface area contributed by atoms with E-state index in [1.807, 2.05) is 110 Å². The van der Waals surface area contributed by atoms with Gasteiger partial charge >= 0.3 is 22.4 Å². The summed E-state index contributed by atoms with van der Waals surface area (Å²) in [5.74, 6) is -0.493. The van der Waals surface area contributed by atoms with E-state index >= 15 is 4.39 Å². The largest absolute Gasteiger partial charge is 3.00 e. The fraction of sp³-hybridized carbons (Fsp3) is 0.0208. The molecule has 0 spiro atoms. The molecule has 7 heteroatoms. The third-order valence-corrected chi connectivity index (χ3v) is 9.41. The molecule has 0 aliphatic heterocycles. The summed E-state index contributed by atoms with van der Waals surface area (Å²) in [5, 5.41) is 2.17. The molecule has 0 fully saturated rings. The average Bonchev–Trinajstić information content (AvgIpc) is 3.54. The maximum atomic E-state index is 15.4. The number of aryl methyl sites for hydroxylation is 1. The fourth-order valence-corrected chi connectivity index (χ4v) is 6.97. The Hall–Kier alpha value is -6.31. The summed E-state index contributed by atoms with van der Waals surface area (Å²) in [6.45, 7) is 1.97. The zero-order valence-electron chi connectivity index (χ0n) is 29.4. The van der Waals surface area contributed by atoms with Crippen LogP contribution in [0.5, 0.6) is 11.5 Å². The van der Waals surface area contributed by atoms with Crippen LogP contribution in [-0.2, 0) is 22.4 Å². The second-order valence-corrected chi connectivity index (χ2v) is 12.9. The number of hydrogen-bond acceptors (Lipinski definition) is 3. The Balaban J connectivity index is 0.00000427. The van der Waals surface area contributed by atoms with Crippen molar-refractivity contribution in [1.82, 2.24) is 9.55 Å². The van der Waals surface area contributed by atoms with E-state index in [-0.39, 0.29) is 27.9 Å². The van der Waals surface area contributed by atoms with Gasteiger partial charge in [0.15, 0.2) is 0 Å². The van der Waals surface area contributed by atoms with Crippen LogP contribution < -0.4 is 9.64 Å². The van der Waals surface area contributed by atoms with Gasteiger partial charge in [-0.1, -0.05) is 115 Å². The summed E-state index contributed by atoms with van der Waals surface area (Å²) in [5.41, 5.74) is 8.12. The smallest absolute Gasteiger partial charge is 0.503 e. The normalized spacial score (nSPS) is 11.0. The first-order valence-corrected chi connectivity index (χ1v) is 17.5. The number of nitrogens with zero attached hydrogens (tertiary/aromatic N) is 3. The molecule has 0 bridgehead atoms. The number of para-hydroxylation sites is 4. The fourth-order valence-electron chi connectivity index (χ4n) is 6.97. The van der Waals surface area contributed by atoms with Gasteiger partial charge in [-0.3, -0.25) is 8.78 Å². The maximum absolute atomic E-state index is 15.4. The van der Waals surface area contributed by atoms with Crippen molar-refractivity contribution in [3.05, 3.63) is 199 Å². The number of hydrogen-bond donors (Lipinski definition) is 0. The van der Waals surface area contributed by atoms with E-state index in [2.05, 4.69) is 76.2 Å². The van der Waals surface area contributed by atoms with Crippen LogP contribution in [0.2, 0.25) is 0 Å². The van der Waals surface area contributed by atoms with Crippen LogP contribution in [-0.4, -0.2) is 9.55 Å². The van der Waals surface area contributed by atoms with Gasteiger partial charge in [0.1, 0.15) is 0 Å². The Morgan fingerprint density at radius 2 is 1.20 bits per heavy atom. The third-order valence-electron chi connectivity index (χ3n) is 9.41. The van der Waals surface area contributed by atoms with Gasteiger partial charge in [-0.05, 0) is 47.8 Å². The van der Waals surface area contributed by atoms with Crippen molar-refractivity contribution in [2.24, 2.45) is 0 Å². The average molecular weight is 900 g/mol. The number of anilines is 3. The Morgan fingerprint density at radius 3 is 1.84 bits per heavy atom. The van der Waals surface area contributed by atoms with E-state index < -0.39 is 11.6 Å². The molecule has 268 valence electrons. The number of halogens is 2. The quantitative estimate of drug-likeness (QED) is 0.112. The number of aromatic nitrogens is 2. The van der Waals surface area contributed by atoms with Crippen molar-refractivity contribution < 1.29 is 35.9 Å². The minimum Gasteiger partial charge on any atom is -0.503 e. The van der Waals surface area contributed by atoms with Crippen molar-refractivity contribution in [2.45, 2.75) is 6.92 Å². The molecule has 9 aromatic rings.